The molecule has 5 N–H and O–H groups in total. The molecule has 0 aromatic rings. The molecule has 0 amide bonds. The van der Waals surface area contributed by atoms with Crippen LogP contribution in [0.3, 0.4) is 0 Å². The highest BCUT2D eigenvalue weighted by molar-refractivity contribution is 5.81. The van der Waals surface area contributed by atoms with Gasteiger partial charge in [-0.25, -0.2) is 0 Å². The second kappa shape index (κ2) is 19.3. The van der Waals surface area contributed by atoms with Gasteiger partial charge in [0.2, 0.25) is 0 Å². The third-order valence-corrected chi connectivity index (χ3v) is 10.9. The van der Waals surface area contributed by atoms with Crippen LogP contribution in [-0.2, 0) is 14.4 Å². The van der Waals surface area contributed by atoms with Gasteiger partial charge in [0.05, 0.1) is 6.42 Å². The van der Waals surface area contributed by atoms with E-state index in [1.54, 1.807) is 6.92 Å². The molecule has 0 aromatic heterocycles. The number of hydrogen-bond acceptors (Lipinski definition) is 5. The number of carbonyl (C=O) groups is 3. The molecule has 0 unspecified atom stereocenters. The van der Waals surface area contributed by atoms with Crippen LogP contribution in [0.15, 0.2) is 0 Å². The Morgan fingerprint density at radius 3 is 1.47 bits per heavy atom. The molecule has 0 bridgehead atoms. The first-order valence-corrected chi connectivity index (χ1v) is 17.8. The largest absolute Gasteiger partial charge is 0.481 e. The highest BCUT2D eigenvalue weighted by Crippen LogP contribution is 2.45. The molecule has 3 aliphatic rings. The van der Waals surface area contributed by atoms with Crippen LogP contribution < -0.4 is 11.5 Å². The van der Waals surface area contributed by atoms with E-state index >= 15 is 0 Å². The quantitative estimate of drug-likeness (QED) is 0.204. The van der Waals surface area contributed by atoms with Crippen LogP contribution >= 0.6 is 0 Å². The molecule has 3 saturated carbocycles. The average Bonchev–Trinajstić information content (AvgIpc) is 2.93. The normalized spacial score (nSPS) is 24.9. The lowest BCUT2D eigenvalue weighted by atomic mass is 9.66. The van der Waals surface area contributed by atoms with Crippen LogP contribution in [0.4, 0.5) is 0 Å². The van der Waals surface area contributed by atoms with Crippen molar-refractivity contribution in [3.63, 3.8) is 0 Å². The number of hydrogen-bond donors (Lipinski definition) is 3. The van der Waals surface area contributed by atoms with Gasteiger partial charge in [0.15, 0.2) is 0 Å². The predicted molar refractivity (Wildman–Crippen MR) is 180 cm³/mol. The summed E-state index contributed by atoms with van der Waals surface area (Å²) < 4.78 is 0. The summed E-state index contributed by atoms with van der Waals surface area (Å²) in [7, 11) is 0. The first kappa shape index (κ1) is 39.8. The number of rotatable bonds is 12. The van der Waals surface area contributed by atoms with E-state index in [-0.39, 0.29) is 23.2 Å². The van der Waals surface area contributed by atoms with Crippen LogP contribution in [0.5, 0.6) is 0 Å². The Labute approximate surface area is 265 Å². The van der Waals surface area contributed by atoms with Crippen LogP contribution in [0.1, 0.15) is 164 Å². The minimum atomic E-state index is -0.705. The summed E-state index contributed by atoms with van der Waals surface area (Å²) in [5, 5.41) is 8.88. The zero-order valence-corrected chi connectivity index (χ0v) is 29.3. The van der Waals surface area contributed by atoms with Gasteiger partial charge < -0.3 is 21.4 Å². The summed E-state index contributed by atoms with van der Waals surface area (Å²) in [6, 6.07) is 0. The molecule has 0 aromatic carbocycles. The zero-order valence-electron chi connectivity index (χ0n) is 29.3. The minimum absolute atomic E-state index is 0.114. The Morgan fingerprint density at radius 1 is 0.674 bits per heavy atom. The maximum absolute atomic E-state index is 11.7. The molecular weight excluding hydrogens is 536 g/mol. The number of carboxylic acids is 1. The van der Waals surface area contributed by atoms with Gasteiger partial charge in [0, 0.05) is 18.8 Å². The monoisotopic (exact) mass is 607 g/mol. The number of carboxylic acid groups (broad SMARTS) is 1. The molecule has 0 atom stereocenters. The van der Waals surface area contributed by atoms with Gasteiger partial charge in [0.1, 0.15) is 11.6 Å². The highest BCUT2D eigenvalue weighted by Gasteiger charge is 2.37. The molecule has 0 radical (unpaired) electrons. The van der Waals surface area contributed by atoms with E-state index in [0.717, 1.165) is 56.8 Å². The zero-order chi connectivity index (χ0) is 32.7. The summed E-state index contributed by atoms with van der Waals surface area (Å²) >= 11 is 0. The lowest BCUT2D eigenvalue weighted by molar-refractivity contribution is -0.140. The van der Waals surface area contributed by atoms with Gasteiger partial charge >= 0.3 is 5.97 Å². The molecule has 0 heterocycles. The standard InChI is InChI=1S/C13H24O.C12H23NO2.C12H23NO/c1-11(2)9-13(10-12(3)14)7-5-4-6-8-13;1-9(2)10-3-5-12(8-13,6-4-10)7-11(14)15;1-10(2)11(14)8-12(9-13)6-4-3-5-7-12/h11H,4-10H2,1-3H3;9-10H,3-8,13H2,1-2H3,(H,14,15);10H,3-9,13H2,1-2H3. The molecule has 0 spiro atoms. The minimum Gasteiger partial charge on any atom is -0.481 e. The molecular formula is C37H70N2O4. The van der Waals surface area contributed by atoms with Crippen molar-refractivity contribution in [2.24, 2.45) is 51.4 Å². The molecule has 6 nitrogen and oxygen atoms in total. The van der Waals surface area contributed by atoms with Gasteiger partial charge in [-0.3, -0.25) is 9.59 Å². The van der Waals surface area contributed by atoms with Gasteiger partial charge in [-0.05, 0) is 112 Å². The van der Waals surface area contributed by atoms with Gasteiger partial charge in [-0.1, -0.05) is 80.1 Å². The fraction of sp³-hybridized carbons (Fsp3) is 0.919. The number of carbonyl (C=O) groups excluding carboxylic acids is 2. The maximum atomic E-state index is 11.7. The molecule has 3 rings (SSSR count). The fourth-order valence-electron chi connectivity index (χ4n) is 8.17. The van der Waals surface area contributed by atoms with Crippen molar-refractivity contribution in [1.82, 2.24) is 0 Å². The smallest absolute Gasteiger partial charge is 0.303 e. The van der Waals surface area contributed by atoms with Crippen LogP contribution in [0.25, 0.3) is 0 Å². The van der Waals surface area contributed by atoms with Crippen molar-refractivity contribution in [2.45, 2.75) is 164 Å². The van der Waals surface area contributed by atoms with Crippen molar-refractivity contribution >= 4 is 17.5 Å². The van der Waals surface area contributed by atoms with E-state index in [1.165, 1.54) is 57.8 Å². The summed E-state index contributed by atoms with van der Waals surface area (Å²) in [6.07, 6.45) is 20.0. The Balaban J connectivity index is 0.000000323. The van der Waals surface area contributed by atoms with Crippen LogP contribution in [-0.4, -0.2) is 35.7 Å². The lowest BCUT2D eigenvalue weighted by Gasteiger charge is -2.39. The molecule has 0 aliphatic heterocycles. The van der Waals surface area contributed by atoms with E-state index in [1.807, 2.05) is 13.8 Å². The second-order valence-corrected chi connectivity index (χ2v) is 16.0. The summed E-state index contributed by atoms with van der Waals surface area (Å²) in [5.41, 5.74) is 12.0. The Kier molecular flexibility index (Phi) is 17.8. The summed E-state index contributed by atoms with van der Waals surface area (Å²) in [5.74, 6) is 2.44. The van der Waals surface area contributed by atoms with E-state index in [9.17, 15) is 14.4 Å². The molecule has 3 aliphatic carbocycles. The molecule has 6 heteroatoms. The number of aliphatic carboxylic acids is 1. The van der Waals surface area contributed by atoms with Crippen molar-refractivity contribution in [3.05, 3.63) is 0 Å². The van der Waals surface area contributed by atoms with Crippen molar-refractivity contribution in [1.29, 1.82) is 0 Å². The van der Waals surface area contributed by atoms with E-state index in [2.05, 4.69) is 27.7 Å². The summed E-state index contributed by atoms with van der Waals surface area (Å²) in [4.78, 5) is 33.8. The lowest BCUT2D eigenvalue weighted by Crippen LogP contribution is -2.37. The number of Topliss-reactive ketones (excluding diaryl/α,β-unsaturated/α-hetero) is 2. The van der Waals surface area contributed by atoms with E-state index in [0.29, 0.717) is 42.4 Å². The first-order valence-electron chi connectivity index (χ1n) is 17.8. The van der Waals surface area contributed by atoms with Crippen molar-refractivity contribution in [3.8, 4) is 0 Å². The SMILES string of the molecule is CC(=O)CC1(CC(C)C)CCCCC1.CC(C)C(=O)CC1(CN)CCCCC1.CC(C)C1CCC(CN)(CC(=O)O)CC1. The maximum Gasteiger partial charge on any atom is 0.303 e. The third-order valence-electron chi connectivity index (χ3n) is 10.9. The van der Waals surface area contributed by atoms with Crippen LogP contribution in [0, 0.1) is 39.9 Å². The molecule has 43 heavy (non-hydrogen) atoms. The Morgan fingerprint density at radius 2 is 1.12 bits per heavy atom. The first-order chi connectivity index (χ1) is 20.1. The van der Waals surface area contributed by atoms with Gasteiger partial charge in [-0.15, -0.1) is 0 Å². The van der Waals surface area contributed by atoms with E-state index < -0.39 is 5.97 Å². The predicted octanol–water partition coefficient (Wildman–Crippen LogP) is 8.73. The topological polar surface area (TPSA) is 123 Å². The summed E-state index contributed by atoms with van der Waals surface area (Å²) in [6.45, 7) is 16.0. The molecule has 3 fully saturated rings. The van der Waals surface area contributed by atoms with Gasteiger partial charge in [0.25, 0.3) is 0 Å². The Bertz CT molecular complexity index is 814. The third kappa shape index (κ3) is 14.6. The highest BCUT2D eigenvalue weighted by atomic mass is 16.4. The van der Waals surface area contributed by atoms with E-state index in [4.69, 9.17) is 16.6 Å². The fourth-order valence-corrected chi connectivity index (χ4v) is 8.17. The number of nitrogens with two attached hydrogens (primary N) is 2. The van der Waals surface area contributed by atoms with Crippen molar-refractivity contribution in [2.75, 3.05) is 13.1 Å². The average molecular weight is 607 g/mol. The molecule has 0 saturated heterocycles. The molecule has 252 valence electrons. The van der Waals surface area contributed by atoms with Gasteiger partial charge in [-0.2, -0.15) is 0 Å². The number of ketones is 2. The van der Waals surface area contributed by atoms with Crippen molar-refractivity contribution < 1.29 is 19.5 Å². The van der Waals surface area contributed by atoms with Crippen LogP contribution in [0.2, 0.25) is 0 Å². The second-order valence-electron chi connectivity index (χ2n) is 16.0. The Hall–Kier alpha value is -1.27.